The quantitative estimate of drug-likeness (QED) is 0.734. The smallest absolute Gasteiger partial charge is 0.306 e. The fraction of sp³-hybridized carbons (Fsp3) is 0.944. The zero-order chi connectivity index (χ0) is 15.9. The van der Waals surface area contributed by atoms with Crippen molar-refractivity contribution in [1.29, 1.82) is 0 Å². The maximum absolute atomic E-state index is 11.8. The Kier molecular flexibility index (Phi) is 7.16. The standard InChI is InChI=1S/C18H34N2O2/c1-4-22-18(21)10-16-9-17(13-20(12-16)14(2)3)19-11-15-7-5-6-8-15/h14-17,19H,4-13H2,1-3H3. The average Bonchev–Trinajstić information content (AvgIpc) is 2.98. The summed E-state index contributed by atoms with van der Waals surface area (Å²) in [5.74, 6) is 1.27. The highest BCUT2D eigenvalue weighted by molar-refractivity contribution is 5.69. The number of rotatable bonds is 7. The molecule has 1 saturated carbocycles. The van der Waals surface area contributed by atoms with Gasteiger partial charge in [-0.25, -0.2) is 0 Å². The number of hydrogen-bond donors (Lipinski definition) is 1. The molecule has 0 bridgehead atoms. The minimum absolute atomic E-state index is 0.0346. The molecule has 2 unspecified atom stereocenters. The Labute approximate surface area is 136 Å². The molecule has 0 aromatic carbocycles. The van der Waals surface area contributed by atoms with Gasteiger partial charge in [0.25, 0.3) is 0 Å². The van der Waals surface area contributed by atoms with Crippen LogP contribution in [0.5, 0.6) is 0 Å². The van der Waals surface area contributed by atoms with Gasteiger partial charge in [0, 0.05) is 31.6 Å². The van der Waals surface area contributed by atoms with Gasteiger partial charge in [-0.05, 0) is 58.4 Å². The summed E-state index contributed by atoms with van der Waals surface area (Å²) in [4.78, 5) is 14.3. The summed E-state index contributed by atoms with van der Waals surface area (Å²) < 4.78 is 5.14. The van der Waals surface area contributed by atoms with Crippen molar-refractivity contribution < 1.29 is 9.53 Å². The van der Waals surface area contributed by atoms with Crippen LogP contribution in [0.25, 0.3) is 0 Å². The summed E-state index contributed by atoms with van der Waals surface area (Å²) in [6.45, 7) is 10.2. The molecule has 2 rings (SSSR count). The molecule has 1 N–H and O–H groups in total. The van der Waals surface area contributed by atoms with E-state index in [2.05, 4.69) is 24.1 Å². The van der Waals surface area contributed by atoms with E-state index in [1.165, 1.54) is 25.7 Å². The Hall–Kier alpha value is -0.610. The average molecular weight is 310 g/mol. The summed E-state index contributed by atoms with van der Waals surface area (Å²) in [6.07, 6.45) is 7.26. The predicted molar refractivity (Wildman–Crippen MR) is 89.8 cm³/mol. The van der Waals surface area contributed by atoms with Gasteiger partial charge in [-0.2, -0.15) is 0 Å². The van der Waals surface area contributed by atoms with E-state index in [1.807, 2.05) is 6.92 Å². The van der Waals surface area contributed by atoms with Crippen molar-refractivity contribution in [3.63, 3.8) is 0 Å². The minimum atomic E-state index is -0.0346. The number of likely N-dealkylation sites (tertiary alicyclic amines) is 1. The van der Waals surface area contributed by atoms with E-state index in [0.717, 1.165) is 32.0 Å². The van der Waals surface area contributed by atoms with Crippen molar-refractivity contribution in [3.05, 3.63) is 0 Å². The number of nitrogens with one attached hydrogen (secondary N) is 1. The predicted octanol–water partition coefficient (Wildman–Crippen LogP) is 2.82. The van der Waals surface area contributed by atoms with Crippen molar-refractivity contribution in [2.45, 2.75) is 71.4 Å². The van der Waals surface area contributed by atoms with Crippen LogP contribution < -0.4 is 5.32 Å². The molecular formula is C18H34N2O2. The summed E-state index contributed by atoms with van der Waals surface area (Å²) in [7, 11) is 0. The molecule has 2 aliphatic rings. The molecule has 0 aromatic heterocycles. The number of carbonyl (C=O) groups is 1. The second-order valence-corrected chi connectivity index (χ2v) is 7.41. The Morgan fingerprint density at radius 2 is 1.95 bits per heavy atom. The molecule has 22 heavy (non-hydrogen) atoms. The second-order valence-electron chi connectivity index (χ2n) is 7.41. The van der Waals surface area contributed by atoms with Crippen molar-refractivity contribution in [2.75, 3.05) is 26.2 Å². The van der Waals surface area contributed by atoms with Gasteiger partial charge in [0.2, 0.25) is 0 Å². The largest absolute Gasteiger partial charge is 0.466 e. The van der Waals surface area contributed by atoms with E-state index >= 15 is 0 Å². The van der Waals surface area contributed by atoms with Crippen LogP contribution in [-0.2, 0) is 9.53 Å². The number of nitrogens with zero attached hydrogens (tertiary/aromatic N) is 1. The van der Waals surface area contributed by atoms with Crippen molar-refractivity contribution in [1.82, 2.24) is 10.2 Å². The lowest BCUT2D eigenvalue weighted by atomic mass is 9.90. The Balaban J connectivity index is 1.83. The van der Waals surface area contributed by atoms with Gasteiger partial charge in [0.05, 0.1) is 6.61 Å². The first-order valence-electron chi connectivity index (χ1n) is 9.21. The minimum Gasteiger partial charge on any atom is -0.466 e. The third-order valence-corrected chi connectivity index (χ3v) is 5.23. The van der Waals surface area contributed by atoms with E-state index in [4.69, 9.17) is 4.74 Å². The van der Waals surface area contributed by atoms with Crippen LogP contribution in [0, 0.1) is 11.8 Å². The lowest BCUT2D eigenvalue weighted by Crippen LogP contribution is -2.52. The topological polar surface area (TPSA) is 41.6 Å². The molecule has 0 amide bonds. The lowest BCUT2D eigenvalue weighted by molar-refractivity contribution is -0.144. The Morgan fingerprint density at radius 3 is 2.59 bits per heavy atom. The van der Waals surface area contributed by atoms with Crippen LogP contribution in [0.2, 0.25) is 0 Å². The third-order valence-electron chi connectivity index (χ3n) is 5.23. The first-order valence-corrected chi connectivity index (χ1v) is 9.21. The molecule has 1 aliphatic heterocycles. The van der Waals surface area contributed by atoms with Crippen molar-refractivity contribution in [3.8, 4) is 0 Å². The van der Waals surface area contributed by atoms with Crippen LogP contribution in [0.15, 0.2) is 0 Å². The molecule has 4 heteroatoms. The highest BCUT2D eigenvalue weighted by Crippen LogP contribution is 2.26. The highest BCUT2D eigenvalue weighted by atomic mass is 16.5. The highest BCUT2D eigenvalue weighted by Gasteiger charge is 2.30. The number of hydrogen-bond acceptors (Lipinski definition) is 4. The van der Waals surface area contributed by atoms with Crippen LogP contribution in [-0.4, -0.2) is 49.2 Å². The van der Waals surface area contributed by atoms with Crippen LogP contribution in [0.4, 0.5) is 0 Å². The van der Waals surface area contributed by atoms with Gasteiger partial charge >= 0.3 is 5.97 Å². The number of ether oxygens (including phenoxy) is 1. The molecule has 1 saturated heterocycles. The lowest BCUT2D eigenvalue weighted by Gasteiger charge is -2.40. The number of piperidine rings is 1. The van der Waals surface area contributed by atoms with Crippen LogP contribution in [0.3, 0.4) is 0 Å². The van der Waals surface area contributed by atoms with E-state index in [9.17, 15) is 4.79 Å². The fourth-order valence-corrected chi connectivity index (χ4v) is 3.96. The van der Waals surface area contributed by atoms with Gasteiger partial charge in [-0.1, -0.05) is 12.8 Å². The summed E-state index contributed by atoms with van der Waals surface area (Å²) in [6, 6.07) is 1.07. The maximum Gasteiger partial charge on any atom is 0.306 e. The van der Waals surface area contributed by atoms with E-state index < -0.39 is 0 Å². The molecule has 0 aromatic rings. The molecule has 128 valence electrons. The SMILES string of the molecule is CCOC(=O)CC1CC(NCC2CCCC2)CN(C(C)C)C1. The van der Waals surface area contributed by atoms with Gasteiger partial charge in [0.15, 0.2) is 0 Å². The van der Waals surface area contributed by atoms with Crippen LogP contribution in [0.1, 0.15) is 59.3 Å². The Bertz CT molecular complexity index is 340. The fourth-order valence-electron chi connectivity index (χ4n) is 3.96. The number of esters is 1. The van der Waals surface area contributed by atoms with Gasteiger partial charge in [-0.15, -0.1) is 0 Å². The first kappa shape index (κ1) is 17.7. The molecule has 1 aliphatic carbocycles. The van der Waals surface area contributed by atoms with Crippen molar-refractivity contribution in [2.24, 2.45) is 11.8 Å². The molecule has 2 fully saturated rings. The molecule has 0 spiro atoms. The molecule has 2 atom stereocenters. The molecular weight excluding hydrogens is 276 g/mol. The summed E-state index contributed by atoms with van der Waals surface area (Å²) >= 11 is 0. The molecule has 1 heterocycles. The zero-order valence-electron chi connectivity index (χ0n) is 14.6. The van der Waals surface area contributed by atoms with Crippen molar-refractivity contribution >= 4 is 5.97 Å². The number of carbonyl (C=O) groups excluding carboxylic acids is 1. The normalized spacial score (nSPS) is 27.5. The van der Waals surface area contributed by atoms with Gasteiger partial charge < -0.3 is 10.1 Å². The maximum atomic E-state index is 11.8. The first-order chi connectivity index (χ1) is 10.6. The van der Waals surface area contributed by atoms with Crippen LogP contribution >= 0.6 is 0 Å². The summed E-state index contributed by atoms with van der Waals surface area (Å²) in [5.41, 5.74) is 0. The van der Waals surface area contributed by atoms with E-state index in [0.29, 0.717) is 31.0 Å². The van der Waals surface area contributed by atoms with E-state index in [-0.39, 0.29) is 5.97 Å². The monoisotopic (exact) mass is 310 g/mol. The Morgan fingerprint density at radius 1 is 1.23 bits per heavy atom. The summed E-state index contributed by atoms with van der Waals surface area (Å²) in [5, 5.41) is 3.79. The third kappa shape index (κ3) is 5.54. The zero-order valence-corrected chi connectivity index (χ0v) is 14.6. The van der Waals surface area contributed by atoms with Gasteiger partial charge in [-0.3, -0.25) is 9.69 Å². The van der Waals surface area contributed by atoms with Gasteiger partial charge in [0.1, 0.15) is 0 Å². The van der Waals surface area contributed by atoms with E-state index in [1.54, 1.807) is 0 Å². The molecule has 4 nitrogen and oxygen atoms in total. The second kappa shape index (κ2) is 8.88. The molecule has 0 radical (unpaired) electrons.